The molecule has 1 aliphatic heterocycles. The second kappa shape index (κ2) is 5.58. The lowest BCUT2D eigenvalue weighted by atomic mass is 9.80. The molecule has 5 atom stereocenters. The van der Waals surface area contributed by atoms with Gasteiger partial charge in [0, 0.05) is 13.1 Å². The van der Waals surface area contributed by atoms with E-state index in [-0.39, 0.29) is 6.10 Å². The van der Waals surface area contributed by atoms with Gasteiger partial charge >= 0.3 is 0 Å². The summed E-state index contributed by atoms with van der Waals surface area (Å²) in [7, 11) is -3.07. The van der Waals surface area contributed by atoms with Gasteiger partial charge in [0.1, 0.15) is 0 Å². The van der Waals surface area contributed by atoms with Crippen LogP contribution in [-0.2, 0) is 10.0 Å². The van der Waals surface area contributed by atoms with Crippen LogP contribution >= 0.6 is 0 Å². The Hall–Kier alpha value is -0.130. The summed E-state index contributed by atoms with van der Waals surface area (Å²) in [6.07, 6.45) is 9.05. The van der Waals surface area contributed by atoms with Crippen LogP contribution in [0.2, 0.25) is 0 Å². The maximum atomic E-state index is 11.6. The zero-order valence-electron chi connectivity index (χ0n) is 12.4. The Morgan fingerprint density at radius 1 is 1.25 bits per heavy atom. The molecule has 3 fully saturated rings. The highest BCUT2D eigenvalue weighted by Crippen LogP contribution is 2.50. The van der Waals surface area contributed by atoms with Crippen molar-refractivity contribution in [2.45, 2.75) is 51.0 Å². The number of hydrogen-bond acceptors (Lipinski definition) is 3. The molecular weight excluding hydrogens is 274 g/mol. The van der Waals surface area contributed by atoms with E-state index >= 15 is 0 Å². The van der Waals surface area contributed by atoms with Gasteiger partial charge in [-0.2, -0.15) is 0 Å². The lowest BCUT2D eigenvalue weighted by molar-refractivity contribution is 0.0450. The first-order valence-electron chi connectivity index (χ1n) is 8.06. The van der Waals surface area contributed by atoms with Gasteiger partial charge in [0.25, 0.3) is 0 Å². The van der Waals surface area contributed by atoms with Gasteiger partial charge in [0.15, 0.2) is 0 Å². The van der Waals surface area contributed by atoms with Crippen molar-refractivity contribution < 1.29 is 13.5 Å². The van der Waals surface area contributed by atoms with E-state index in [0.717, 1.165) is 31.1 Å². The molecule has 2 saturated carbocycles. The Labute approximate surface area is 122 Å². The van der Waals surface area contributed by atoms with E-state index in [1.165, 1.54) is 31.9 Å². The highest BCUT2D eigenvalue weighted by molar-refractivity contribution is 7.88. The van der Waals surface area contributed by atoms with Crippen LogP contribution in [-0.4, -0.2) is 43.3 Å². The van der Waals surface area contributed by atoms with Crippen molar-refractivity contribution in [2.75, 3.05) is 19.3 Å². The third-order valence-corrected chi connectivity index (χ3v) is 7.08. The summed E-state index contributed by atoms with van der Waals surface area (Å²) in [5.41, 5.74) is 0. The minimum atomic E-state index is -3.07. The smallest absolute Gasteiger partial charge is 0.211 e. The van der Waals surface area contributed by atoms with Crippen LogP contribution in [0, 0.1) is 23.7 Å². The van der Waals surface area contributed by atoms with E-state index in [4.69, 9.17) is 0 Å². The fourth-order valence-electron chi connectivity index (χ4n) is 4.80. The first-order valence-corrected chi connectivity index (χ1v) is 9.91. The van der Waals surface area contributed by atoms with Crippen LogP contribution in [0.25, 0.3) is 0 Å². The normalized spacial score (nSPS) is 40.1. The average Bonchev–Trinajstić information content (AvgIpc) is 3.00. The van der Waals surface area contributed by atoms with E-state index < -0.39 is 10.0 Å². The number of hydrogen-bond donors (Lipinski definition) is 1. The van der Waals surface area contributed by atoms with E-state index in [2.05, 4.69) is 0 Å². The Morgan fingerprint density at radius 2 is 2.05 bits per heavy atom. The van der Waals surface area contributed by atoms with Crippen molar-refractivity contribution in [1.82, 2.24) is 4.31 Å². The quantitative estimate of drug-likeness (QED) is 0.862. The van der Waals surface area contributed by atoms with Crippen molar-refractivity contribution in [3.63, 3.8) is 0 Å². The highest BCUT2D eigenvalue weighted by atomic mass is 32.2. The van der Waals surface area contributed by atoms with E-state index in [9.17, 15) is 13.5 Å². The summed E-state index contributed by atoms with van der Waals surface area (Å²) in [4.78, 5) is 0. The maximum absolute atomic E-state index is 11.6. The minimum absolute atomic E-state index is 0.213. The molecule has 0 aromatic heterocycles. The second-order valence-electron chi connectivity index (χ2n) is 7.27. The molecule has 20 heavy (non-hydrogen) atoms. The largest absolute Gasteiger partial charge is 0.393 e. The predicted octanol–water partition coefficient (Wildman–Crippen LogP) is 1.85. The Morgan fingerprint density at radius 3 is 2.65 bits per heavy atom. The molecule has 0 spiro atoms. The molecule has 1 heterocycles. The highest BCUT2D eigenvalue weighted by Gasteiger charge is 2.43. The molecule has 0 amide bonds. The number of rotatable bonds is 4. The first kappa shape index (κ1) is 14.8. The zero-order chi connectivity index (χ0) is 14.3. The maximum Gasteiger partial charge on any atom is 0.211 e. The van der Waals surface area contributed by atoms with Crippen molar-refractivity contribution >= 4 is 10.0 Å². The van der Waals surface area contributed by atoms with Crippen LogP contribution in [0.4, 0.5) is 0 Å². The summed E-state index contributed by atoms with van der Waals surface area (Å²) in [5.74, 6) is 2.43. The van der Waals surface area contributed by atoms with Crippen LogP contribution in [0.1, 0.15) is 44.9 Å². The Balaban J connectivity index is 1.55. The molecule has 1 saturated heterocycles. The monoisotopic (exact) mass is 301 g/mol. The van der Waals surface area contributed by atoms with Crippen molar-refractivity contribution in [1.29, 1.82) is 0 Å². The number of sulfonamides is 1. The number of aliphatic hydroxyl groups is 1. The average molecular weight is 301 g/mol. The van der Waals surface area contributed by atoms with E-state index in [1.54, 1.807) is 4.31 Å². The van der Waals surface area contributed by atoms with Gasteiger partial charge < -0.3 is 5.11 Å². The van der Waals surface area contributed by atoms with Gasteiger partial charge in [-0.3, -0.25) is 0 Å². The van der Waals surface area contributed by atoms with Gasteiger partial charge in [-0.25, -0.2) is 12.7 Å². The topological polar surface area (TPSA) is 57.6 Å². The lowest BCUT2D eigenvalue weighted by Gasteiger charge is -2.34. The fourth-order valence-corrected chi connectivity index (χ4v) is 5.74. The third kappa shape index (κ3) is 3.04. The molecule has 0 aromatic rings. The summed E-state index contributed by atoms with van der Waals surface area (Å²) in [5, 5.41) is 10.5. The Kier molecular flexibility index (Phi) is 4.13. The number of piperidine rings is 1. The fraction of sp³-hybridized carbons (Fsp3) is 1.00. The summed E-state index contributed by atoms with van der Waals surface area (Å²) in [6.45, 7) is 1.26. The van der Waals surface area contributed by atoms with Crippen LogP contribution in [0.3, 0.4) is 0 Å². The SMILES string of the molecule is CS(=O)(=O)N1CCCC(CC(O)C2CC3CCC2C3)C1. The molecule has 3 rings (SSSR count). The van der Waals surface area contributed by atoms with Gasteiger partial charge in [0.05, 0.1) is 12.4 Å². The molecule has 5 heteroatoms. The lowest BCUT2D eigenvalue weighted by Crippen LogP contribution is -2.41. The molecule has 3 aliphatic rings. The van der Waals surface area contributed by atoms with Gasteiger partial charge in [-0.1, -0.05) is 6.42 Å². The van der Waals surface area contributed by atoms with Gasteiger partial charge in [-0.15, -0.1) is 0 Å². The van der Waals surface area contributed by atoms with Gasteiger partial charge in [-0.05, 0) is 62.2 Å². The van der Waals surface area contributed by atoms with Crippen LogP contribution in [0.5, 0.6) is 0 Å². The summed E-state index contributed by atoms with van der Waals surface area (Å²) >= 11 is 0. The molecule has 4 nitrogen and oxygen atoms in total. The first-order chi connectivity index (χ1) is 9.43. The molecule has 2 bridgehead atoms. The second-order valence-corrected chi connectivity index (χ2v) is 9.25. The van der Waals surface area contributed by atoms with Crippen molar-refractivity contribution in [3.8, 4) is 0 Å². The van der Waals surface area contributed by atoms with Gasteiger partial charge in [0.2, 0.25) is 10.0 Å². The molecule has 116 valence electrons. The standard InChI is InChI=1S/C15H27NO3S/c1-20(18,19)16-6-2-3-12(10-16)9-15(17)14-8-11-4-5-13(14)7-11/h11-15,17H,2-10H2,1H3. The van der Waals surface area contributed by atoms with Crippen LogP contribution in [0.15, 0.2) is 0 Å². The summed E-state index contributed by atoms with van der Waals surface area (Å²) in [6, 6.07) is 0. The van der Waals surface area contributed by atoms with E-state index in [0.29, 0.717) is 24.9 Å². The van der Waals surface area contributed by atoms with Crippen molar-refractivity contribution in [3.05, 3.63) is 0 Å². The molecule has 0 aromatic carbocycles. The predicted molar refractivity (Wildman–Crippen MR) is 78.7 cm³/mol. The summed E-state index contributed by atoms with van der Waals surface area (Å²) < 4.78 is 24.9. The molecular formula is C15H27NO3S. The number of aliphatic hydroxyl groups excluding tert-OH is 1. The molecule has 1 N–H and O–H groups in total. The molecule has 2 aliphatic carbocycles. The zero-order valence-corrected chi connectivity index (χ0v) is 13.2. The van der Waals surface area contributed by atoms with Crippen LogP contribution < -0.4 is 0 Å². The molecule has 5 unspecified atom stereocenters. The minimum Gasteiger partial charge on any atom is -0.393 e. The Bertz CT molecular complexity index is 450. The van der Waals surface area contributed by atoms with E-state index in [1.807, 2.05) is 0 Å². The number of nitrogens with zero attached hydrogens (tertiary/aromatic N) is 1. The van der Waals surface area contributed by atoms with Crippen molar-refractivity contribution in [2.24, 2.45) is 23.7 Å². The third-order valence-electron chi connectivity index (χ3n) is 5.81. The molecule has 0 radical (unpaired) electrons. The number of fused-ring (bicyclic) bond motifs is 2.